The molecule has 1 heterocycles. The summed E-state index contributed by atoms with van der Waals surface area (Å²) >= 11 is 0. The van der Waals surface area contributed by atoms with E-state index in [4.69, 9.17) is 0 Å². The molecule has 1 saturated carbocycles. The van der Waals surface area contributed by atoms with Crippen LogP contribution in [0.25, 0.3) is 0 Å². The second kappa shape index (κ2) is 4.15. The molecule has 92 valence electrons. The smallest absolute Gasteiger partial charge is 0.173 e. The molecule has 0 aromatic carbocycles. The van der Waals surface area contributed by atoms with Crippen molar-refractivity contribution < 1.29 is 8.42 Å². The lowest BCUT2D eigenvalue weighted by Crippen LogP contribution is -2.48. The van der Waals surface area contributed by atoms with Crippen LogP contribution in [0.15, 0.2) is 11.5 Å². The third kappa shape index (κ3) is 2.66. The van der Waals surface area contributed by atoms with Gasteiger partial charge in [-0.15, -0.1) is 0 Å². The van der Waals surface area contributed by atoms with Gasteiger partial charge in [-0.1, -0.05) is 32.8 Å². The van der Waals surface area contributed by atoms with Crippen LogP contribution in [0.5, 0.6) is 0 Å². The molecule has 1 fully saturated rings. The highest BCUT2D eigenvalue weighted by atomic mass is 32.2. The van der Waals surface area contributed by atoms with Gasteiger partial charge in [0.1, 0.15) is 0 Å². The Balaban J connectivity index is 1.97. The quantitative estimate of drug-likeness (QED) is 0.805. The first-order valence-electron chi connectivity index (χ1n) is 6.06. The molecule has 2 atom stereocenters. The van der Waals surface area contributed by atoms with Crippen molar-refractivity contribution in [3.8, 4) is 0 Å². The molecule has 2 unspecified atom stereocenters. The van der Waals surface area contributed by atoms with Crippen LogP contribution in [0.2, 0.25) is 0 Å². The number of hydrogen-bond donors (Lipinski definition) is 1. The van der Waals surface area contributed by atoms with E-state index in [9.17, 15) is 8.42 Å². The van der Waals surface area contributed by atoms with E-state index in [1.165, 1.54) is 24.7 Å². The SMILES string of the molecule is CC1(C)CCCCC1NC1C=CS(=O)(=O)C1. The summed E-state index contributed by atoms with van der Waals surface area (Å²) in [6.45, 7) is 4.55. The molecular weight excluding hydrogens is 222 g/mol. The molecule has 2 aliphatic rings. The number of sulfone groups is 1. The second-order valence-electron chi connectivity index (χ2n) is 5.72. The van der Waals surface area contributed by atoms with E-state index in [2.05, 4.69) is 19.2 Å². The van der Waals surface area contributed by atoms with Gasteiger partial charge in [0.2, 0.25) is 0 Å². The fraction of sp³-hybridized carbons (Fsp3) is 0.833. The van der Waals surface area contributed by atoms with Crippen molar-refractivity contribution in [2.45, 2.75) is 51.6 Å². The van der Waals surface area contributed by atoms with E-state index in [0.717, 1.165) is 6.42 Å². The maximum Gasteiger partial charge on any atom is 0.173 e. The molecule has 0 spiro atoms. The van der Waals surface area contributed by atoms with Crippen molar-refractivity contribution in [3.63, 3.8) is 0 Å². The summed E-state index contributed by atoms with van der Waals surface area (Å²) in [5, 5.41) is 4.85. The van der Waals surface area contributed by atoms with Crippen LogP contribution < -0.4 is 5.32 Å². The van der Waals surface area contributed by atoms with Crippen LogP contribution in [0.4, 0.5) is 0 Å². The third-order valence-electron chi connectivity index (χ3n) is 3.85. The Morgan fingerprint density at radius 3 is 2.62 bits per heavy atom. The van der Waals surface area contributed by atoms with E-state index >= 15 is 0 Å². The topological polar surface area (TPSA) is 46.2 Å². The molecule has 1 N–H and O–H groups in total. The van der Waals surface area contributed by atoms with Gasteiger partial charge >= 0.3 is 0 Å². The molecule has 0 saturated heterocycles. The highest BCUT2D eigenvalue weighted by Crippen LogP contribution is 2.35. The van der Waals surface area contributed by atoms with Crippen molar-refractivity contribution in [2.75, 3.05) is 5.75 Å². The van der Waals surface area contributed by atoms with E-state index in [1.807, 2.05) is 0 Å². The van der Waals surface area contributed by atoms with Gasteiger partial charge in [0.15, 0.2) is 9.84 Å². The molecule has 4 heteroatoms. The molecule has 0 bridgehead atoms. The minimum atomic E-state index is -2.93. The van der Waals surface area contributed by atoms with Crippen molar-refractivity contribution in [2.24, 2.45) is 5.41 Å². The highest BCUT2D eigenvalue weighted by molar-refractivity contribution is 7.94. The molecule has 0 aromatic rings. The first-order chi connectivity index (χ1) is 7.39. The maximum atomic E-state index is 11.3. The molecule has 2 rings (SSSR count). The van der Waals surface area contributed by atoms with Crippen LogP contribution in [0.3, 0.4) is 0 Å². The molecule has 3 nitrogen and oxygen atoms in total. The van der Waals surface area contributed by atoms with Crippen LogP contribution in [0, 0.1) is 5.41 Å². The van der Waals surface area contributed by atoms with Crippen molar-refractivity contribution in [1.29, 1.82) is 0 Å². The standard InChI is InChI=1S/C12H21NO2S/c1-12(2)7-4-3-5-11(12)13-10-6-8-16(14,15)9-10/h6,8,10-11,13H,3-5,7,9H2,1-2H3. The van der Waals surface area contributed by atoms with Gasteiger partial charge in [-0.25, -0.2) is 8.42 Å². The zero-order valence-electron chi connectivity index (χ0n) is 10.1. The minimum absolute atomic E-state index is 0.0207. The Kier molecular flexibility index (Phi) is 3.14. The lowest BCUT2D eigenvalue weighted by Gasteiger charge is -2.40. The van der Waals surface area contributed by atoms with E-state index in [1.54, 1.807) is 6.08 Å². The average Bonchev–Trinajstić information content (AvgIpc) is 2.49. The van der Waals surface area contributed by atoms with Gasteiger partial charge < -0.3 is 5.32 Å². The molecular formula is C12H21NO2S. The number of rotatable bonds is 2. The van der Waals surface area contributed by atoms with Gasteiger partial charge in [-0.3, -0.25) is 0 Å². The lowest BCUT2D eigenvalue weighted by atomic mass is 9.73. The zero-order valence-corrected chi connectivity index (χ0v) is 10.9. The normalized spacial score (nSPS) is 36.4. The van der Waals surface area contributed by atoms with Gasteiger partial charge in [0.25, 0.3) is 0 Å². The summed E-state index contributed by atoms with van der Waals surface area (Å²) in [4.78, 5) is 0. The third-order valence-corrected chi connectivity index (χ3v) is 5.25. The van der Waals surface area contributed by atoms with Crippen LogP contribution in [-0.4, -0.2) is 26.3 Å². The molecule has 0 aromatic heterocycles. The largest absolute Gasteiger partial charge is 0.306 e. The number of nitrogens with one attached hydrogen (secondary N) is 1. The highest BCUT2D eigenvalue weighted by Gasteiger charge is 2.34. The Bertz CT molecular complexity index is 384. The molecule has 0 amide bonds. The van der Waals surface area contributed by atoms with Crippen LogP contribution in [-0.2, 0) is 9.84 Å². The maximum absolute atomic E-state index is 11.3. The van der Waals surface area contributed by atoms with Gasteiger partial charge in [-0.05, 0) is 18.3 Å². The van der Waals surface area contributed by atoms with Gasteiger partial charge in [0, 0.05) is 17.5 Å². The predicted molar refractivity (Wildman–Crippen MR) is 65.9 cm³/mol. The Morgan fingerprint density at radius 1 is 1.31 bits per heavy atom. The Labute approximate surface area is 98.2 Å². The zero-order chi connectivity index (χ0) is 11.8. The van der Waals surface area contributed by atoms with Crippen LogP contribution >= 0.6 is 0 Å². The van der Waals surface area contributed by atoms with Gasteiger partial charge in [0.05, 0.1) is 5.75 Å². The average molecular weight is 243 g/mol. The molecule has 1 aliphatic heterocycles. The summed E-state index contributed by atoms with van der Waals surface area (Å²) in [6, 6.07) is 0.469. The van der Waals surface area contributed by atoms with Gasteiger partial charge in [-0.2, -0.15) is 0 Å². The monoisotopic (exact) mass is 243 g/mol. The van der Waals surface area contributed by atoms with E-state index < -0.39 is 9.84 Å². The van der Waals surface area contributed by atoms with E-state index in [0.29, 0.717) is 11.5 Å². The van der Waals surface area contributed by atoms with Crippen molar-refractivity contribution in [1.82, 2.24) is 5.32 Å². The number of hydrogen-bond acceptors (Lipinski definition) is 3. The molecule has 0 radical (unpaired) electrons. The first kappa shape index (κ1) is 12.1. The second-order valence-corrected chi connectivity index (χ2v) is 7.65. The van der Waals surface area contributed by atoms with Crippen molar-refractivity contribution in [3.05, 3.63) is 11.5 Å². The Hall–Kier alpha value is -0.350. The summed E-state index contributed by atoms with van der Waals surface area (Å²) in [5.74, 6) is 0.236. The fourth-order valence-electron chi connectivity index (χ4n) is 2.74. The molecule has 16 heavy (non-hydrogen) atoms. The van der Waals surface area contributed by atoms with Crippen molar-refractivity contribution >= 4 is 9.84 Å². The summed E-state index contributed by atoms with van der Waals surface area (Å²) in [5.41, 5.74) is 0.290. The lowest BCUT2D eigenvalue weighted by molar-refractivity contribution is 0.163. The predicted octanol–water partition coefficient (Wildman–Crippen LogP) is 1.86. The summed E-state index contributed by atoms with van der Waals surface area (Å²) < 4.78 is 22.6. The Morgan fingerprint density at radius 2 is 2.06 bits per heavy atom. The summed E-state index contributed by atoms with van der Waals surface area (Å²) in [6.07, 6.45) is 6.74. The molecule has 1 aliphatic carbocycles. The van der Waals surface area contributed by atoms with Crippen LogP contribution in [0.1, 0.15) is 39.5 Å². The fourth-order valence-corrected chi connectivity index (χ4v) is 3.99. The first-order valence-corrected chi connectivity index (χ1v) is 7.78. The van der Waals surface area contributed by atoms with E-state index in [-0.39, 0.29) is 11.8 Å². The minimum Gasteiger partial charge on any atom is -0.306 e. The summed E-state index contributed by atoms with van der Waals surface area (Å²) in [7, 11) is -2.93.